The van der Waals surface area contributed by atoms with Gasteiger partial charge in [-0.15, -0.1) is 0 Å². The highest BCUT2D eigenvalue weighted by Crippen LogP contribution is 2.37. The van der Waals surface area contributed by atoms with Gasteiger partial charge in [0.25, 0.3) is 5.91 Å². The van der Waals surface area contributed by atoms with E-state index in [9.17, 15) is 4.79 Å². The minimum absolute atomic E-state index is 0.187. The number of carbonyl (C=O) groups excluding carboxylic acids is 1. The molecule has 0 bridgehead atoms. The highest BCUT2D eigenvalue weighted by Gasteiger charge is 2.11. The van der Waals surface area contributed by atoms with Crippen molar-refractivity contribution in [2.24, 2.45) is 5.10 Å². The number of nitrogens with zero attached hydrogens (tertiary/aromatic N) is 1. The lowest BCUT2D eigenvalue weighted by Crippen LogP contribution is -2.24. The van der Waals surface area contributed by atoms with Crippen molar-refractivity contribution in [3.63, 3.8) is 0 Å². The minimum atomic E-state index is -0.386. The zero-order valence-corrected chi connectivity index (χ0v) is 18.6. The van der Waals surface area contributed by atoms with Crippen LogP contribution < -0.4 is 19.6 Å². The van der Waals surface area contributed by atoms with E-state index < -0.39 is 0 Å². The number of nitrogens with one attached hydrogen (secondary N) is 1. The van der Waals surface area contributed by atoms with Gasteiger partial charge in [-0.3, -0.25) is 4.79 Å². The first-order chi connectivity index (χ1) is 12.4. The second-order valence-corrected chi connectivity index (χ2v) is 7.46. The largest absolute Gasteiger partial charge is 0.497 e. The maximum Gasteiger partial charge on any atom is 0.277 e. The molecule has 6 nitrogen and oxygen atoms in total. The third-order valence-corrected chi connectivity index (χ3v) is 4.93. The van der Waals surface area contributed by atoms with Gasteiger partial charge in [0.2, 0.25) is 0 Å². The maximum absolute atomic E-state index is 11.9. The number of ether oxygens (including phenoxy) is 3. The van der Waals surface area contributed by atoms with E-state index in [1.807, 2.05) is 12.1 Å². The SMILES string of the molecule is COc1cc(Br)c(OCC(=O)NN=Cc2ccc(OC)c(Br)c2)c(Br)c1. The van der Waals surface area contributed by atoms with E-state index in [-0.39, 0.29) is 12.5 Å². The monoisotopic (exact) mass is 548 g/mol. The predicted octanol–water partition coefficient (Wildman–Crippen LogP) is 4.52. The summed E-state index contributed by atoms with van der Waals surface area (Å²) in [7, 11) is 3.16. The maximum atomic E-state index is 11.9. The van der Waals surface area contributed by atoms with Crippen LogP contribution in [-0.2, 0) is 4.79 Å². The van der Waals surface area contributed by atoms with Crippen LogP contribution in [0.25, 0.3) is 0 Å². The molecule has 0 aliphatic carbocycles. The summed E-state index contributed by atoms with van der Waals surface area (Å²) in [4.78, 5) is 11.9. The Kier molecular flexibility index (Phi) is 7.92. The average Bonchev–Trinajstić information content (AvgIpc) is 2.61. The first-order valence-corrected chi connectivity index (χ1v) is 9.63. The number of halogens is 3. The molecule has 0 radical (unpaired) electrons. The lowest BCUT2D eigenvalue weighted by Gasteiger charge is -2.11. The molecule has 0 saturated heterocycles. The number of hydrogen-bond donors (Lipinski definition) is 1. The molecule has 0 atom stereocenters. The van der Waals surface area contributed by atoms with Gasteiger partial charge in [-0.2, -0.15) is 5.10 Å². The van der Waals surface area contributed by atoms with Gasteiger partial charge in [0.15, 0.2) is 6.61 Å². The van der Waals surface area contributed by atoms with E-state index in [1.165, 1.54) is 6.21 Å². The number of carbonyl (C=O) groups is 1. The van der Waals surface area contributed by atoms with Crippen molar-refractivity contribution in [2.75, 3.05) is 20.8 Å². The molecule has 0 aromatic heterocycles. The van der Waals surface area contributed by atoms with Gasteiger partial charge in [0.1, 0.15) is 17.2 Å². The van der Waals surface area contributed by atoms with E-state index in [0.717, 1.165) is 15.8 Å². The Morgan fingerprint density at radius 3 is 2.35 bits per heavy atom. The average molecular weight is 551 g/mol. The third-order valence-electron chi connectivity index (χ3n) is 3.13. The Morgan fingerprint density at radius 2 is 1.77 bits per heavy atom. The molecule has 2 aromatic rings. The van der Waals surface area contributed by atoms with Crippen LogP contribution >= 0.6 is 47.8 Å². The summed E-state index contributed by atoms with van der Waals surface area (Å²) in [5.74, 6) is 1.50. The van der Waals surface area contributed by atoms with Crippen LogP contribution in [0, 0.1) is 0 Å². The van der Waals surface area contributed by atoms with Crippen LogP contribution in [-0.4, -0.2) is 32.9 Å². The smallest absolute Gasteiger partial charge is 0.277 e. The van der Waals surface area contributed by atoms with E-state index in [4.69, 9.17) is 14.2 Å². The molecule has 0 fully saturated rings. The van der Waals surface area contributed by atoms with Crippen molar-refractivity contribution in [2.45, 2.75) is 0 Å². The van der Waals surface area contributed by atoms with Crippen molar-refractivity contribution in [3.8, 4) is 17.2 Å². The third kappa shape index (κ3) is 5.72. The standard InChI is InChI=1S/C17H15Br3N2O4/c1-24-11-6-13(19)17(14(20)7-11)26-9-16(23)22-21-8-10-3-4-15(25-2)12(18)5-10/h3-8H,9H2,1-2H3,(H,22,23). The minimum Gasteiger partial charge on any atom is -0.497 e. The summed E-state index contributed by atoms with van der Waals surface area (Å²) < 4.78 is 18.0. The quantitative estimate of drug-likeness (QED) is 0.406. The molecule has 0 spiro atoms. The number of benzene rings is 2. The van der Waals surface area contributed by atoms with Crippen LogP contribution in [0.15, 0.2) is 48.9 Å². The molecule has 26 heavy (non-hydrogen) atoms. The Bertz CT molecular complexity index is 805. The van der Waals surface area contributed by atoms with E-state index in [1.54, 1.807) is 32.4 Å². The van der Waals surface area contributed by atoms with Crippen LogP contribution in [0.2, 0.25) is 0 Å². The summed E-state index contributed by atoms with van der Waals surface area (Å²) in [5, 5.41) is 3.91. The molecular formula is C17H15Br3N2O4. The molecule has 0 heterocycles. The van der Waals surface area contributed by atoms with Crippen LogP contribution in [0.1, 0.15) is 5.56 Å². The summed E-state index contributed by atoms with van der Waals surface area (Å²) in [6, 6.07) is 8.95. The molecule has 0 saturated carbocycles. The second kappa shape index (κ2) is 9.94. The second-order valence-electron chi connectivity index (χ2n) is 4.90. The van der Waals surface area contributed by atoms with Gasteiger partial charge in [-0.25, -0.2) is 5.43 Å². The van der Waals surface area contributed by atoms with Gasteiger partial charge in [0.05, 0.1) is 33.9 Å². The Hall–Kier alpha value is -1.58. The fraction of sp³-hybridized carbons (Fsp3) is 0.176. The lowest BCUT2D eigenvalue weighted by atomic mass is 10.2. The van der Waals surface area contributed by atoms with Gasteiger partial charge < -0.3 is 14.2 Å². The van der Waals surface area contributed by atoms with Gasteiger partial charge in [-0.1, -0.05) is 0 Å². The van der Waals surface area contributed by atoms with Crippen molar-refractivity contribution < 1.29 is 19.0 Å². The van der Waals surface area contributed by atoms with E-state index >= 15 is 0 Å². The highest BCUT2D eigenvalue weighted by atomic mass is 79.9. The fourth-order valence-electron chi connectivity index (χ4n) is 1.90. The van der Waals surface area contributed by atoms with E-state index in [2.05, 4.69) is 58.3 Å². The molecule has 138 valence electrons. The molecule has 2 aromatic carbocycles. The molecule has 1 amide bonds. The number of rotatable bonds is 7. The first kappa shape index (κ1) is 20.7. The normalized spacial score (nSPS) is 10.7. The molecule has 0 unspecified atom stereocenters. The summed E-state index contributed by atoms with van der Waals surface area (Å²) in [6.45, 7) is -0.187. The number of amides is 1. The molecule has 0 aliphatic rings. The zero-order chi connectivity index (χ0) is 19.1. The summed E-state index contributed by atoms with van der Waals surface area (Å²) in [6.07, 6.45) is 1.53. The highest BCUT2D eigenvalue weighted by molar-refractivity contribution is 9.11. The summed E-state index contributed by atoms with van der Waals surface area (Å²) >= 11 is 10.1. The van der Waals surface area contributed by atoms with Gasteiger partial charge >= 0.3 is 0 Å². The molecule has 1 N–H and O–H groups in total. The van der Waals surface area contributed by atoms with Crippen LogP contribution in [0.3, 0.4) is 0 Å². The van der Waals surface area contributed by atoms with Crippen molar-refractivity contribution in [3.05, 3.63) is 49.3 Å². The number of hydrogen-bond acceptors (Lipinski definition) is 5. The Balaban J connectivity index is 1.90. The predicted molar refractivity (Wildman–Crippen MR) is 110 cm³/mol. The van der Waals surface area contributed by atoms with Crippen molar-refractivity contribution in [1.29, 1.82) is 0 Å². The van der Waals surface area contributed by atoms with Gasteiger partial charge in [0, 0.05) is 0 Å². The molecule has 0 aliphatic heterocycles. The number of hydrazone groups is 1. The van der Waals surface area contributed by atoms with Gasteiger partial charge in [-0.05, 0) is 83.7 Å². The topological polar surface area (TPSA) is 69.2 Å². The lowest BCUT2D eigenvalue weighted by molar-refractivity contribution is -0.123. The molecule has 9 heteroatoms. The van der Waals surface area contributed by atoms with E-state index in [0.29, 0.717) is 20.4 Å². The van der Waals surface area contributed by atoms with Crippen molar-refractivity contribution >= 4 is 59.9 Å². The number of methoxy groups -OCH3 is 2. The fourth-order valence-corrected chi connectivity index (χ4v) is 3.84. The van der Waals surface area contributed by atoms with Crippen LogP contribution in [0.4, 0.5) is 0 Å². The Labute approximate surface area is 176 Å². The zero-order valence-electron chi connectivity index (χ0n) is 13.9. The van der Waals surface area contributed by atoms with Crippen LogP contribution in [0.5, 0.6) is 17.2 Å². The Morgan fingerprint density at radius 1 is 1.08 bits per heavy atom. The van der Waals surface area contributed by atoms with Crippen molar-refractivity contribution in [1.82, 2.24) is 5.43 Å². The molecule has 2 rings (SSSR count). The summed E-state index contributed by atoms with van der Waals surface area (Å²) in [5.41, 5.74) is 3.22. The molecular weight excluding hydrogens is 536 g/mol. The first-order valence-electron chi connectivity index (χ1n) is 7.26.